The first kappa shape index (κ1) is 63.9. The molecular formula is C49H80N6O16. The third kappa shape index (κ3) is 15.4. The minimum absolute atomic E-state index is 0.0125. The number of hydrogen-bond acceptors (Lipinski definition) is 16. The topological polar surface area (TPSA) is 324 Å². The lowest BCUT2D eigenvalue weighted by molar-refractivity contribution is -0.118. The SMILES string of the molecule is CC.CCc1c(C(=O)N(C)CC(O)CO)c(C)c(C(=O)N(C)CC(O)CO)c(C)c1N(CC(O)C(O)CN(C(C)=O)c1c(C)c(C(=O)N(C)CC(O)CO)c(C)c(C(=O)N(C)CC(O)CO)c1C)C(C)=O. The lowest BCUT2D eigenvalue weighted by Gasteiger charge is -2.35. The smallest absolute Gasteiger partial charge is 0.254 e. The molecule has 6 atom stereocenters. The van der Waals surface area contributed by atoms with E-state index in [1.54, 1.807) is 6.92 Å². The second-order valence-corrected chi connectivity index (χ2v) is 17.6. The molecule has 0 saturated heterocycles. The van der Waals surface area contributed by atoms with Crippen molar-refractivity contribution in [3.05, 3.63) is 55.6 Å². The van der Waals surface area contributed by atoms with Gasteiger partial charge in [0.25, 0.3) is 23.6 Å². The van der Waals surface area contributed by atoms with Crippen molar-refractivity contribution in [1.29, 1.82) is 0 Å². The van der Waals surface area contributed by atoms with Crippen molar-refractivity contribution in [3.8, 4) is 0 Å². The number of aliphatic hydroxyl groups excluding tert-OH is 10. The van der Waals surface area contributed by atoms with Crippen LogP contribution in [0, 0.1) is 34.6 Å². The summed E-state index contributed by atoms with van der Waals surface area (Å²) in [6.45, 7) is 10.1. The second kappa shape index (κ2) is 28.8. The minimum Gasteiger partial charge on any atom is -0.394 e. The van der Waals surface area contributed by atoms with Gasteiger partial charge in [-0.15, -0.1) is 0 Å². The molecule has 2 aromatic carbocycles. The van der Waals surface area contributed by atoms with Gasteiger partial charge in [0.2, 0.25) is 11.8 Å². The molecule has 0 fully saturated rings. The minimum atomic E-state index is -1.88. The van der Waals surface area contributed by atoms with Gasteiger partial charge in [0.15, 0.2) is 0 Å². The van der Waals surface area contributed by atoms with Gasteiger partial charge in [0.05, 0.1) is 87.5 Å². The molecule has 0 aromatic heterocycles. The Balaban J connectivity index is 0.0000124. The summed E-state index contributed by atoms with van der Waals surface area (Å²) in [5.74, 6) is -4.26. The highest BCUT2D eigenvalue weighted by molar-refractivity contribution is 6.09. The van der Waals surface area contributed by atoms with Crippen LogP contribution in [0.4, 0.5) is 11.4 Å². The Morgan fingerprint density at radius 3 is 0.901 bits per heavy atom. The van der Waals surface area contributed by atoms with Gasteiger partial charge in [-0.25, -0.2) is 0 Å². The highest BCUT2D eigenvalue weighted by Crippen LogP contribution is 2.38. The van der Waals surface area contributed by atoms with E-state index in [4.69, 9.17) is 0 Å². The highest BCUT2D eigenvalue weighted by Gasteiger charge is 2.37. The quantitative estimate of drug-likeness (QED) is 0.0581. The zero-order chi connectivity index (χ0) is 55.1. The zero-order valence-electron chi connectivity index (χ0n) is 43.8. The standard InChI is InChI=1S/C47H74N6O16.C2H6/c1-13-35-41(47(69)51(12)17-34(63)23-57)25(3)40(46(68)50(11)16-33(62)22-56)28(6)43(35)53(30(8)59)19-37(65)36(64)18-52(29(7)58)42-26(4)38(44(66)48(9)14-31(60)20-54)24(2)39(27(42)5)45(67)49(10)15-32(61)21-55;1-2/h31-34,36-37,54-57,60-65H,13-23H2,1-12H3;1-2H3. The van der Waals surface area contributed by atoms with Crippen LogP contribution in [-0.4, -0.2) is 237 Å². The molecule has 0 radical (unpaired) electrons. The van der Waals surface area contributed by atoms with E-state index in [1.807, 2.05) is 13.8 Å². The molecular weight excluding hydrogens is 929 g/mol. The number of nitrogens with zero attached hydrogens (tertiary/aromatic N) is 6. The zero-order valence-corrected chi connectivity index (χ0v) is 43.8. The molecule has 0 aliphatic carbocycles. The largest absolute Gasteiger partial charge is 0.394 e. The van der Waals surface area contributed by atoms with E-state index in [-0.39, 0.29) is 99.6 Å². The van der Waals surface area contributed by atoms with Crippen LogP contribution in [0.1, 0.15) is 109 Å². The van der Waals surface area contributed by atoms with Gasteiger partial charge in [-0.3, -0.25) is 28.8 Å². The molecule has 0 spiro atoms. The highest BCUT2D eigenvalue weighted by atomic mass is 16.3. The van der Waals surface area contributed by atoms with Crippen LogP contribution < -0.4 is 9.80 Å². The molecule has 0 bridgehead atoms. The monoisotopic (exact) mass is 1010 g/mol. The third-order valence-electron chi connectivity index (χ3n) is 12.1. The number of benzene rings is 2. The predicted molar refractivity (Wildman–Crippen MR) is 266 cm³/mol. The molecule has 0 heterocycles. The molecule has 71 heavy (non-hydrogen) atoms. The van der Waals surface area contributed by atoms with E-state index in [0.29, 0.717) is 0 Å². The molecule has 2 aromatic rings. The van der Waals surface area contributed by atoms with Crippen LogP contribution in [0.15, 0.2) is 0 Å². The van der Waals surface area contributed by atoms with E-state index in [2.05, 4.69) is 0 Å². The lowest BCUT2D eigenvalue weighted by Crippen LogP contribution is -2.48. The fourth-order valence-electron chi connectivity index (χ4n) is 8.63. The normalized spacial score (nSPS) is 13.7. The first-order valence-corrected chi connectivity index (χ1v) is 23.5. The first-order valence-electron chi connectivity index (χ1n) is 23.5. The van der Waals surface area contributed by atoms with E-state index in [1.165, 1.54) is 62.8 Å². The van der Waals surface area contributed by atoms with Gasteiger partial charge in [-0.2, -0.15) is 0 Å². The van der Waals surface area contributed by atoms with Crippen LogP contribution in [0.2, 0.25) is 0 Å². The summed E-state index contributed by atoms with van der Waals surface area (Å²) in [7, 11) is 5.43. The number of carbonyl (C=O) groups is 6. The molecule has 402 valence electrons. The Morgan fingerprint density at radius 2 is 0.648 bits per heavy atom. The number of rotatable bonds is 24. The summed E-state index contributed by atoms with van der Waals surface area (Å²) in [5.41, 5.74) is 0.813. The van der Waals surface area contributed by atoms with Gasteiger partial charge in [0.1, 0.15) is 0 Å². The fraction of sp³-hybridized carbons (Fsp3) is 0.633. The van der Waals surface area contributed by atoms with Gasteiger partial charge in [-0.05, 0) is 74.4 Å². The Kier molecular flexibility index (Phi) is 25.9. The van der Waals surface area contributed by atoms with Crippen LogP contribution in [0.25, 0.3) is 0 Å². The van der Waals surface area contributed by atoms with Crippen LogP contribution in [0.3, 0.4) is 0 Å². The molecule has 0 aliphatic heterocycles. The van der Waals surface area contributed by atoms with Crippen molar-refractivity contribution in [2.75, 3.05) is 104 Å². The van der Waals surface area contributed by atoms with Crippen LogP contribution in [0.5, 0.6) is 0 Å². The average molecular weight is 1010 g/mol. The Hall–Kier alpha value is -5.14. The number of carbonyl (C=O) groups excluding carboxylic acids is 6. The van der Waals surface area contributed by atoms with E-state index in [0.717, 1.165) is 43.2 Å². The molecule has 10 N–H and O–H groups in total. The fourth-order valence-corrected chi connectivity index (χ4v) is 8.63. The van der Waals surface area contributed by atoms with Crippen molar-refractivity contribution in [2.45, 2.75) is 112 Å². The van der Waals surface area contributed by atoms with Gasteiger partial charge in [0, 0.05) is 90.5 Å². The maximum atomic E-state index is 14.3. The molecule has 0 saturated carbocycles. The molecule has 22 heteroatoms. The Labute approximate surface area is 416 Å². The van der Waals surface area contributed by atoms with Gasteiger partial charge >= 0.3 is 0 Å². The summed E-state index contributed by atoms with van der Waals surface area (Å²) in [6, 6.07) is 0. The van der Waals surface area contributed by atoms with Crippen molar-refractivity contribution in [3.63, 3.8) is 0 Å². The molecule has 22 nitrogen and oxygen atoms in total. The molecule has 0 aliphatic rings. The van der Waals surface area contributed by atoms with Gasteiger partial charge < -0.3 is 80.5 Å². The molecule has 2 rings (SSSR count). The third-order valence-corrected chi connectivity index (χ3v) is 12.1. The average Bonchev–Trinajstić information content (AvgIpc) is 3.32. The maximum Gasteiger partial charge on any atom is 0.254 e. The summed E-state index contributed by atoms with van der Waals surface area (Å²) in [4.78, 5) is 90.9. The lowest BCUT2D eigenvalue weighted by atomic mass is 9.87. The van der Waals surface area contributed by atoms with Crippen molar-refractivity contribution >= 4 is 46.8 Å². The van der Waals surface area contributed by atoms with Crippen molar-refractivity contribution < 1.29 is 79.8 Å². The van der Waals surface area contributed by atoms with E-state index >= 15 is 0 Å². The number of anilines is 2. The van der Waals surface area contributed by atoms with Crippen LogP contribution in [-0.2, 0) is 16.0 Å². The Morgan fingerprint density at radius 1 is 0.408 bits per heavy atom. The van der Waals surface area contributed by atoms with E-state index in [9.17, 15) is 79.8 Å². The van der Waals surface area contributed by atoms with E-state index < -0.39 is 112 Å². The number of aliphatic hydroxyl groups is 10. The number of likely N-dealkylation sites (N-methyl/N-ethyl adjacent to an activating group) is 4. The Bertz CT molecular complexity index is 2130. The maximum absolute atomic E-state index is 14.3. The second-order valence-electron chi connectivity index (χ2n) is 17.6. The molecule has 6 unspecified atom stereocenters. The predicted octanol–water partition coefficient (Wildman–Crippen LogP) is -1.35. The van der Waals surface area contributed by atoms with Crippen molar-refractivity contribution in [1.82, 2.24) is 19.6 Å². The van der Waals surface area contributed by atoms with Gasteiger partial charge in [-0.1, -0.05) is 20.8 Å². The summed E-state index contributed by atoms with van der Waals surface area (Å²) in [6.07, 6.45) is -9.00. The summed E-state index contributed by atoms with van der Waals surface area (Å²) in [5, 5.41) is 102. The number of amides is 6. The summed E-state index contributed by atoms with van der Waals surface area (Å²) >= 11 is 0. The number of hydrogen-bond donors (Lipinski definition) is 10. The molecule has 6 amide bonds. The van der Waals surface area contributed by atoms with Crippen molar-refractivity contribution in [2.24, 2.45) is 0 Å². The first-order chi connectivity index (χ1) is 33.1. The summed E-state index contributed by atoms with van der Waals surface area (Å²) < 4.78 is 0. The van der Waals surface area contributed by atoms with Crippen LogP contribution >= 0.6 is 0 Å².